The third-order valence-electron chi connectivity index (χ3n) is 5.40. The zero-order chi connectivity index (χ0) is 20.3. The summed E-state index contributed by atoms with van der Waals surface area (Å²) >= 11 is 0. The van der Waals surface area contributed by atoms with Crippen LogP contribution in [0.1, 0.15) is 36.5 Å². The van der Waals surface area contributed by atoms with Crippen LogP contribution in [0.25, 0.3) is 0 Å². The van der Waals surface area contributed by atoms with Crippen molar-refractivity contribution in [2.24, 2.45) is 0 Å². The fourth-order valence-electron chi connectivity index (χ4n) is 3.73. The van der Waals surface area contributed by atoms with Gasteiger partial charge in [0.2, 0.25) is 0 Å². The van der Waals surface area contributed by atoms with Crippen LogP contribution in [-0.4, -0.2) is 44.2 Å². The molecule has 5 nitrogen and oxygen atoms in total. The molecule has 0 aromatic heterocycles. The topological polar surface area (TPSA) is 44.8 Å². The first kappa shape index (κ1) is 20.1. The van der Waals surface area contributed by atoms with Crippen LogP contribution in [0, 0.1) is 13.8 Å². The number of para-hydroxylation sites is 1. The number of ether oxygens (including phenoxy) is 1. The van der Waals surface area contributed by atoms with E-state index in [9.17, 15) is 4.79 Å². The lowest BCUT2D eigenvalue weighted by atomic mass is 9.98. The van der Waals surface area contributed by atoms with Crippen molar-refractivity contribution in [2.75, 3.05) is 43.5 Å². The molecule has 3 rings (SSSR count). The van der Waals surface area contributed by atoms with Crippen LogP contribution in [0.3, 0.4) is 0 Å². The van der Waals surface area contributed by atoms with Crippen molar-refractivity contribution in [1.29, 1.82) is 0 Å². The molecule has 1 aliphatic rings. The number of hydrogen-bond donors (Lipinski definition) is 1. The quantitative estimate of drug-likeness (QED) is 0.828. The molecule has 1 N–H and O–H groups in total. The molecule has 0 bridgehead atoms. The van der Waals surface area contributed by atoms with Gasteiger partial charge in [0.1, 0.15) is 5.75 Å². The summed E-state index contributed by atoms with van der Waals surface area (Å²) in [7, 11) is 1.70. The largest absolute Gasteiger partial charge is 0.495 e. The number of anilines is 2. The first-order valence-electron chi connectivity index (χ1n) is 9.95. The Hall–Kier alpha value is -2.69. The van der Waals surface area contributed by atoms with Crippen LogP contribution in [0.15, 0.2) is 36.4 Å². The number of piperazine rings is 1. The lowest BCUT2D eigenvalue weighted by Gasteiger charge is -2.37. The van der Waals surface area contributed by atoms with Crippen molar-refractivity contribution in [3.05, 3.63) is 53.1 Å². The number of aryl methyl sites for hydroxylation is 2. The lowest BCUT2D eigenvalue weighted by Crippen LogP contribution is -2.50. The Morgan fingerprint density at radius 1 is 1.07 bits per heavy atom. The Bertz CT molecular complexity index is 840. The van der Waals surface area contributed by atoms with Crippen LogP contribution in [0.5, 0.6) is 5.75 Å². The summed E-state index contributed by atoms with van der Waals surface area (Å²) in [5, 5.41) is 3.16. The predicted octanol–water partition coefficient (Wildman–Crippen LogP) is 4.79. The van der Waals surface area contributed by atoms with E-state index in [1.165, 1.54) is 11.1 Å². The predicted molar refractivity (Wildman–Crippen MR) is 116 cm³/mol. The molecule has 0 saturated carbocycles. The standard InChI is InChI=1S/C23H31N3O2/c1-16(2)19-8-6-7-18(4)22(19)24-23(27)26-13-11-25(12-14-26)20-15-17(3)9-10-21(20)28-5/h6-10,15-16H,11-14H2,1-5H3,(H,24,27). The second-order valence-electron chi connectivity index (χ2n) is 7.77. The summed E-state index contributed by atoms with van der Waals surface area (Å²) in [5.41, 5.74) is 5.53. The van der Waals surface area contributed by atoms with Gasteiger partial charge >= 0.3 is 6.03 Å². The summed E-state index contributed by atoms with van der Waals surface area (Å²) in [4.78, 5) is 17.1. The fourth-order valence-corrected chi connectivity index (χ4v) is 3.73. The maximum atomic E-state index is 12.9. The summed E-state index contributed by atoms with van der Waals surface area (Å²) in [5.74, 6) is 1.24. The van der Waals surface area contributed by atoms with E-state index in [0.717, 1.165) is 35.8 Å². The number of methoxy groups -OCH3 is 1. The van der Waals surface area contributed by atoms with Gasteiger partial charge in [-0.15, -0.1) is 0 Å². The van der Waals surface area contributed by atoms with E-state index < -0.39 is 0 Å². The first-order chi connectivity index (χ1) is 13.4. The average Bonchev–Trinajstić information content (AvgIpc) is 2.69. The highest BCUT2D eigenvalue weighted by molar-refractivity contribution is 5.91. The third kappa shape index (κ3) is 4.24. The van der Waals surface area contributed by atoms with Crippen molar-refractivity contribution >= 4 is 17.4 Å². The van der Waals surface area contributed by atoms with Gasteiger partial charge in [-0.3, -0.25) is 0 Å². The van der Waals surface area contributed by atoms with Gasteiger partial charge in [0.25, 0.3) is 0 Å². The highest BCUT2D eigenvalue weighted by atomic mass is 16.5. The smallest absolute Gasteiger partial charge is 0.321 e. The van der Waals surface area contributed by atoms with E-state index in [4.69, 9.17) is 4.74 Å². The molecule has 28 heavy (non-hydrogen) atoms. The Morgan fingerprint density at radius 2 is 1.79 bits per heavy atom. The van der Waals surface area contributed by atoms with Crippen LogP contribution in [0.2, 0.25) is 0 Å². The number of carbonyl (C=O) groups excluding carboxylic acids is 1. The van der Waals surface area contributed by atoms with Crippen molar-refractivity contribution in [2.45, 2.75) is 33.6 Å². The van der Waals surface area contributed by atoms with Gasteiger partial charge in [-0.1, -0.05) is 38.1 Å². The fraction of sp³-hybridized carbons (Fsp3) is 0.435. The normalized spacial score (nSPS) is 14.4. The molecule has 2 aromatic carbocycles. The second kappa shape index (κ2) is 8.55. The minimum absolute atomic E-state index is 0.0212. The molecule has 5 heteroatoms. The zero-order valence-electron chi connectivity index (χ0n) is 17.6. The van der Waals surface area contributed by atoms with Gasteiger partial charge in [-0.25, -0.2) is 4.79 Å². The van der Waals surface area contributed by atoms with E-state index in [1.807, 2.05) is 30.0 Å². The zero-order valence-corrected chi connectivity index (χ0v) is 17.6. The van der Waals surface area contributed by atoms with E-state index in [0.29, 0.717) is 19.0 Å². The number of rotatable bonds is 4. The maximum Gasteiger partial charge on any atom is 0.321 e. The van der Waals surface area contributed by atoms with E-state index in [-0.39, 0.29) is 6.03 Å². The summed E-state index contributed by atoms with van der Waals surface area (Å²) in [6.45, 7) is 11.4. The van der Waals surface area contributed by atoms with E-state index >= 15 is 0 Å². The minimum Gasteiger partial charge on any atom is -0.495 e. The first-order valence-corrected chi connectivity index (χ1v) is 9.95. The summed E-state index contributed by atoms with van der Waals surface area (Å²) in [6.07, 6.45) is 0. The van der Waals surface area contributed by atoms with Gasteiger partial charge in [0, 0.05) is 31.9 Å². The number of urea groups is 1. The van der Waals surface area contributed by atoms with Crippen LogP contribution < -0.4 is 15.0 Å². The summed E-state index contributed by atoms with van der Waals surface area (Å²) in [6, 6.07) is 12.4. The number of nitrogens with zero attached hydrogens (tertiary/aromatic N) is 2. The molecule has 150 valence electrons. The van der Waals surface area contributed by atoms with Crippen molar-refractivity contribution in [1.82, 2.24) is 4.90 Å². The Labute approximate surface area is 168 Å². The molecule has 2 amide bonds. The molecule has 1 saturated heterocycles. The number of amides is 2. The second-order valence-corrected chi connectivity index (χ2v) is 7.77. The molecule has 0 unspecified atom stereocenters. The van der Waals surface area contributed by atoms with Crippen molar-refractivity contribution in [3.8, 4) is 5.75 Å². The number of carbonyl (C=O) groups is 1. The van der Waals surface area contributed by atoms with E-state index in [1.54, 1.807) is 7.11 Å². The van der Waals surface area contributed by atoms with Crippen LogP contribution >= 0.6 is 0 Å². The molecule has 0 aliphatic carbocycles. The van der Waals surface area contributed by atoms with Crippen molar-refractivity contribution in [3.63, 3.8) is 0 Å². The monoisotopic (exact) mass is 381 g/mol. The Balaban J connectivity index is 1.68. The number of benzene rings is 2. The number of hydrogen-bond acceptors (Lipinski definition) is 3. The lowest BCUT2D eigenvalue weighted by molar-refractivity contribution is 0.208. The average molecular weight is 382 g/mol. The van der Waals surface area contributed by atoms with Gasteiger partial charge in [0.05, 0.1) is 12.8 Å². The molecular formula is C23H31N3O2. The molecule has 1 fully saturated rings. The van der Waals surface area contributed by atoms with Gasteiger partial charge in [-0.05, 0) is 48.6 Å². The Morgan fingerprint density at radius 3 is 2.43 bits per heavy atom. The molecule has 1 heterocycles. The SMILES string of the molecule is COc1ccc(C)cc1N1CCN(C(=O)Nc2c(C)cccc2C(C)C)CC1. The van der Waals surface area contributed by atoms with Gasteiger partial charge < -0.3 is 19.9 Å². The molecule has 0 spiro atoms. The maximum absolute atomic E-state index is 12.9. The highest BCUT2D eigenvalue weighted by Crippen LogP contribution is 2.31. The van der Waals surface area contributed by atoms with E-state index in [2.05, 4.69) is 49.2 Å². The van der Waals surface area contributed by atoms with Crippen LogP contribution in [-0.2, 0) is 0 Å². The minimum atomic E-state index is -0.0212. The summed E-state index contributed by atoms with van der Waals surface area (Å²) < 4.78 is 5.52. The molecule has 1 aliphatic heterocycles. The molecule has 2 aromatic rings. The third-order valence-corrected chi connectivity index (χ3v) is 5.40. The molecule has 0 atom stereocenters. The van der Waals surface area contributed by atoms with Crippen molar-refractivity contribution < 1.29 is 9.53 Å². The Kier molecular flexibility index (Phi) is 6.12. The molecular weight excluding hydrogens is 350 g/mol. The highest BCUT2D eigenvalue weighted by Gasteiger charge is 2.24. The van der Waals surface area contributed by atoms with Gasteiger partial charge in [-0.2, -0.15) is 0 Å². The van der Waals surface area contributed by atoms with Crippen LogP contribution in [0.4, 0.5) is 16.2 Å². The number of nitrogens with one attached hydrogen (secondary N) is 1. The van der Waals surface area contributed by atoms with Gasteiger partial charge in [0.15, 0.2) is 0 Å². The molecule has 0 radical (unpaired) electrons.